The van der Waals surface area contributed by atoms with E-state index in [0.717, 1.165) is 18.2 Å². The number of carbonyl (C=O) groups is 2. The number of esters is 2. The van der Waals surface area contributed by atoms with Crippen LogP contribution in [0.25, 0.3) is 6.08 Å². The van der Waals surface area contributed by atoms with E-state index in [2.05, 4.69) is 6.58 Å². The fourth-order valence-corrected chi connectivity index (χ4v) is 1.23. The monoisotopic (exact) mass is 296 g/mol. The highest BCUT2D eigenvalue weighted by atomic mass is 19.2. The van der Waals surface area contributed by atoms with Gasteiger partial charge in [0, 0.05) is 11.6 Å². The van der Waals surface area contributed by atoms with Crippen molar-refractivity contribution < 1.29 is 27.8 Å². The lowest BCUT2D eigenvalue weighted by Crippen LogP contribution is -2.12. The largest absolute Gasteiger partial charge is 0.459 e. The predicted octanol–water partition coefficient (Wildman–Crippen LogP) is 2.64. The first-order valence-electron chi connectivity index (χ1n) is 6.02. The summed E-state index contributed by atoms with van der Waals surface area (Å²) in [6.45, 7) is 4.70. The van der Waals surface area contributed by atoms with Crippen LogP contribution in [0, 0.1) is 11.6 Å². The van der Waals surface area contributed by atoms with E-state index in [4.69, 9.17) is 9.47 Å². The maximum Gasteiger partial charge on any atom is 0.333 e. The van der Waals surface area contributed by atoms with E-state index in [1.807, 2.05) is 0 Å². The van der Waals surface area contributed by atoms with Crippen LogP contribution in [0.4, 0.5) is 8.78 Å². The van der Waals surface area contributed by atoms with Crippen LogP contribution in [0.2, 0.25) is 0 Å². The van der Waals surface area contributed by atoms with Crippen LogP contribution in [-0.4, -0.2) is 25.2 Å². The van der Waals surface area contributed by atoms with Crippen molar-refractivity contribution in [2.24, 2.45) is 0 Å². The Kier molecular flexibility index (Phi) is 6.26. The average Bonchev–Trinajstić information content (AvgIpc) is 2.44. The van der Waals surface area contributed by atoms with Gasteiger partial charge in [0.2, 0.25) is 0 Å². The van der Waals surface area contributed by atoms with Crippen molar-refractivity contribution in [3.8, 4) is 0 Å². The van der Waals surface area contributed by atoms with Gasteiger partial charge >= 0.3 is 11.9 Å². The molecule has 0 fully saturated rings. The maximum atomic E-state index is 12.9. The van der Waals surface area contributed by atoms with Crippen LogP contribution in [0.3, 0.4) is 0 Å². The Morgan fingerprint density at radius 3 is 2.48 bits per heavy atom. The van der Waals surface area contributed by atoms with Crippen LogP contribution >= 0.6 is 0 Å². The highest BCUT2D eigenvalue weighted by molar-refractivity contribution is 5.87. The van der Waals surface area contributed by atoms with Crippen molar-refractivity contribution in [1.29, 1.82) is 0 Å². The highest BCUT2D eigenvalue weighted by Crippen LogP contribution is 2.10. The van der Waals surface area contributed by atoms with Gasteiger partial charge in [0.15, 0.2) is 11.6 Å². The van der Waals surface area contributed by atoms with E-state index in [1.165, 1.54) is 19.1 Å². The molecule has 1 aromatic carbocycles. The second kappa shape index (κ2) is 7.94. The molecule has 112 valence electrons. The third kappa shape index (κ3) is 5.99. The standard InChI is InChI=1S/C15H14F2O4/c1-10(2)15(19)21-8-7-20-14(18)6-4-11-3-5-12(16)13(17)9-11/h3-6,9H,1,7-8H2,2H3/b6-4+. The zero-order valence-electron chi connectivity index (χ0n) is 11.4. The minimum Gasteiger partial charge on any atom is -0.459 e. The first-order chi connectivity index (χ1) is 9.90. The lowest BCUT2D eigenvalue weighted by molar-refractivity contribution is -0.146. The molecule has 0 amide bonds. The number of halogens is 2. The zero-order chi connectivity index (χ0) is 15.8. The van der Waals surface area contributed by atoms with Crippen molar-refractivity contribution in [2.45, 2.75) is 6.92 Å². The van der Waals surface area contributed by atoms with E-state index in [9.17, 15) is 18.4 Å². The lowest BCUT2D eigenvalue weighted by atomic mass is 10.2. The molecule has 0 aliphatic rings. The first kappa shape index (κ1) is 16.6. The second-order valence-corrected chi connectivity index (χ2v) is 4.09. The summed E-state index contributed by atoms with van der Waals surface area (Å²) in [5.74, 6) is -3.22. The molecule has 1 aromatic rings. The number of rotatable bonds is 6. The fraction of sp³-hybridized carbons (Fsp3) is 0.200. The van der Waals surface area contributed by atoms with Crippen molar-refractivity contribution in [2.75, 3.05) is 13.2 Å². The molecule has 0 aliphatic heterocycles. The summed E-state index contributed by atoms with van der Waals surface area (Å²) >= 11 is 0. The van der Waals surface area contributed by atoms with E-state index < -0.39 is 23.6 Å². The summed E-state index contributed by atoms with van der Waals surface area (Å²) in [7, 11) is 0. The average molecular weight is 296 g/mol. The van der Waals surface area contributed by atoms with Crippen molar-refractivity contribution in [3.05, 3.63) is 53.6 Å². The fourth-order valence-electron chi connectivity index (χ4n) is 1.23. The van der Waals surface area contributed by atoms with Gasteiger partial charge in [0.1, 0.15) is 13.2 Å². The molecule has 0 spiro atoms. The van der Waals surface area contributed by atoms with E-state index in [-0.39, 0.29) is 18.8 Å². The van der Waals surface area contributed by atoms with Crippen molar-refractivity contribution >= 4 is 18.0 Å². The molecular formula is C15H14F2O4. The quantitative estimate of drug-likeness (QED) is 0.460. The van der Waals surface area contributed by atoms with Crippen LogP contribution in [0.5, 0.6) is 0 Å². The van der Waals surface area contributed by atoms with Gasteiger partial charge in [0.05, 0.1) is 0 Å². The molecule has 0 aromatic heterocycles. The smallest absolute Gasteiger partial charge is 0.333 e. The Labute approximate surface area is 120 Å². The summed E-state index contributed by atoms with van der Waals surface area (Å²) in [5, 5.41) is 0. The molecule has 0 atom stereocenters. The third-order valence-corrected chi connectivity index (χ3v) is 2.26. The van der Waals surface area contributed by atoms with Gasteiger partial charge in [-0.25, -0.2) is 18.4 Å². The summed E-state index contributed by atoms with van der Waals surface area (Å²) in [6.07, 6.45) is 2.35. The van der Waals surface area contributed by atoms with Crippen molar-refractivity contribution in [1.82, 2.24) is 0 Å². The topological polar surface area (TPSA) is 52.6 Å². The zero-order valence-corrected chi connectivity index (χ0v) is 11.4. The van der Waals surface area contributed by atoms with Crippen molar-refractivity contribution in [3.63, 3.8) is 0 Å². The Morgan fingerprint density at radius 1 is 1.19 bits per heavy atom. The molecule has 0 N–H and O–H groups in total. The SMILES string of the molecule is C=C(C)C(=O)OCCOC(=O)/C=C/c1ccc(F)c(F)c1. The van der Waals surface area contributed by atoms with Gasteiger partial charge in [0.25, 0.3) is 0 Å². The first-order valence-corrected chi connectivity index (χ1v) is 6.02. The number of carbonyl (C=O) groups excluding carboxylic acids is 2. The van der Waals surface area contributed by atoms with Gasteiger partial charge in [-0.15, -0.1) is 0 Å². The van der Waals surface area contributed by atoms with Gasteiger partial charge in [-0.3, -0.25) is 0 Å². The van der Waals surface area contributed by atoms with E-state index >= 15 is 0 Å². The normalized spacial score (nSPS) is 10.4. The molecule has 1 rings (SSSR count). The maximum absolute atomic E-state index is 12.9. The predicted molar refractivity (Wildman–Crippen MR) is 72.1 cm³/mol. The second-order valence-electron chi connectivity index (χ2n) is 4.09. The minimum absolute atomic E-state index is 0.0869. The molecule has 0 heterocycles. The molecular weight excluding hydrogens is 282 g/mol. The molecule has 6 heteroatoms. The van der Waals surface area contributed by atoms with Gasteiger partial charge in [-0.2, -0.15) is 0 Å². The molecule has 0 saturated carbocycles. The van der Waals surface area contributed by atoms with Crippen LogP contribution < -0.4 is 0 Å². The van der Waals surface area contributed by atoms with Crippen LogP contribution in [0.1, 0.15) is 12.5 Å². The minimum atomic E-state index is -1.00. The summed E-state index contributed by atoms with van der Waals surface area (Å²) in [5.41, 5.74) is 0.569. The van der Waals surface area contributed by atoms with Crippen LogP contribution in [-0.2, 0) is 19.1 Å². The van der Waals surface area contributed by atoms with Crippen LogP contribution in [0.15, 0.2) is 36.4 Å². The molecule has 0 bridgehead atoms. The molecule has 0 aliphatic carbocycles. The number of ether oxygens (including phenoxy) is 2. The molecule has 0 saturated heterocycles. The number of benzene rings is 1. The van der Waals surface area contributed by atoms with Gasteiger partial charge in [-0.05, 0) is 30.7 Å². The van der Waals surface area contributed by atoms with Gasteiger partial charge in [-0.1, -0.05) is 12.6 Å². The van der Waals surface area contributed by atoms with Gasteiger partial charge < -0.3 is 9.47 Å². The summed E-state index contributed by atoms with van der Waals surface area (Å²) in [4.78, 5) is 22.3. The summed E-state index contributed by atoms with van der Waals surface area (Å²) < 4.78 is 35.1. The van der Waals surface area contributed by atoms with E-state index in [0.29, 0.717) is 5.56 Å². The Morgan fingerprint density at radius 2 is 1.86 bits per heavy atom. The lowest BCUT2D eigenvalue weighted by Gasteiger charge is -2.04. The Bertz CT molecular complexity index is 579. The third-order valence-electron chi connectivity index (χ3n) is 2.26. The molecule has 0 radical (unpaired) electrons. The molecule has 4 nitrogen and oxygen atoms in total. The summed E-state index contributed by atoms with van der Waals surface area (Å²) in [6, 6.07) is 3.22. The molecule has 21 heavy (non-hydrogen) atoms. The Hall–Kier alpha value is -2.50. The molecule has 0 unspecified atom stereocenters. The number of hydrogen-bond donors (Lipinski definition) is 0. The Balaban J connectivity index is 2.36. The van der Waals surface area contributed by atoms with E-state index in [1.54, 1.807) is 0 Å². The number of hydrogen-bond acceptors (Lipinski definition) is 4. The highest BCUT2D eigenvalue weighted by Gasteiger charge is 2.04.